The predicted octanol–water partition coefficient (Wildman–Crippen LogP) is 2.09. The highest BCUT2D eigenvalue weighted by atomic mass is 16.3. The Morgan fingerprint density at radius 3 is 2.71 bits per heavy atom. The van der Waals surface area contributed by atoms with Gasteiger partial charge in [0.25, 0.3) is 0 Å². The van der Waals surface area contributed by atoms with E-state index in [1.54, 1.807) is 6.20 Å². The summed E-state index contributed by atoms with van der Waals surface area (Å²) >= 11 is 0. The van der Waals surface area contributed by atoms with Crippen LogP contribution < -0.4 is 0 Å². The predicted molar refractivity (Wildman–Crippen MR) is 66.2 cm³/mol. The third-order valence-electron chi connectivity index (χ3n) is 2.49. The zero-order valence-corrected chi connectivity index (χ0v) is 10.2. The topological polar surface area (TPSA) is 50.9 Å². The normalized spacial score (nSPS) is 11.1. The second kappa shape index (κ2) is 5.10. The van der Waals surface area contributed by atoms with E-state index in [9.17, 15) is 5.11 Å². The molecule has 2 heterocycles. The van der Waals surface area contributed by atoms with Crippen LogP contribution >= 0.6 is 0 Å². The zero-order chi connectivity index (χ0) is 12.3. The van der Waals surface area contributed by atoms with Gasteiger partial charge in [-0.1, -0.05) is 19.9 Å². The number of aliphatic hydroxyl groups is 1. The first kappa shape index (κ1) is 11.8. The monoisotopic (exact) mass is 231 g/mol. The number of pyridine rings is 1. The van der Waals surface area contributed by atoms with Crippen molar-refractivity contribution in [2.45, 2.75) is 27.0 Å². The molecule has 0 fully saturated rings. The van der Waals surface area contributed by atoms with Crippen LogP contribution in [0, 0.1) is 5.92 Å². The van der Waals surface area contributed by atoms with Gasteiger partial charge in [-0.3, -0.25) is 9.67 Å². The SMILES string of the molecule is CC(C)Cn1nc(-c2ccccn2)cc1CO. The van der Waals surface area contributed by atoms with Gasteiger partial charge in [-0.15, -0.1) is 0 Å². The van der Waals surface area contributed by atoms with Gasteiger partial charge in [-0.2, -0.15) is 5.10 Å². The van der Waals surface area contributed by atoms with Crippen molar-refractivity contribution in [1.82, 2.24) is 14.8 Å². The van der Waals surface area contributed by atoms with Crippen LogP contribution in [0.3, 0.4) is 0 Å². The Morgan fingerprint density at radius 1 is 1.29 bits per heavy atom. The lowest BCUT2D eigenvalue weighted by atomic mass is 10.2. The largest absolute Gasteiger partial charge is 0.390 e. The lowest BCUT2D eigenvalue weighted by molar-refractivity contribution is 0.264. The first-order chi connectivity index (χ1) is 8.20. The molecule has 0 aliphatic heterocycles. The molecule has 0 saturated carbocycles. The molecular formula is C13H17N3O. The van der Waals surface area contributed by atoms with E-state index in [0.29, 0.717) is 5.92 Å². The van der Waals surface area contributed by atoms with E-state index in [1.807, 2.05) is 28.9 Å². The van der Waals surface area contributed by atoms with Gasteiger partial charge in [0.2, 0.25) is 0 Å². The van der Waals surface area contributed by atoms with Crippen LogP contribution in [0.4, 0.5) is 0 Å². The zero-order valence-electron chi connectivity index (χ0n) is 10.2. The lowest BCUT2D eigenvalue weighted by Gasteiger charge is -2.07. The van der Waals surface area contributed by atoms with Crippen LogP contribution in [-0.4, -0.2) is 19.9 Å². The summed E-state index contributed by atoms with van der Waals surface area (Å²) in [5.41, 5.74) is 2.49. The van der Waals surface area contributed by atoms with Crippen molar-refractivity contribution in [3.8, 4) is 11.4 Å². The van der Waals surface area contributed by atoms with Crippen molar-refractivity contribution in [3.63, 3.8) is 0 Å². The van der Waals surface area contributed by atoms with Gasteiger partial charge in [0, 0.05) is 12.7 Å². The van der Waals surface area contributed by atoms with Crippen molar-refractivity contribution in [2.24, 2.45) is 5.92 Å². The quantitative estimate of drug-likeness (QED) is 0.876. The fraction of sp³-hybridized carbons (Fsp3) is 0.385. The van der Waals surface area contributed by atoms with Gasteiger partial charge >= 0.3 is 0 Å². The molecule has 0 amide bonds. The van der Waals surface area contributed by atoms with Crippen LogP contribution in [0.1, 0.15) is 19.5 Å². The van der Waals surface area contributed by atoms with Gasteiger partial charge < -0.3 is 5.11 Å². The third-order valence-corrected chi connectivity index (χ3v) is 2.49. The van der Waals surface area contributed by atoms with E-state index in [1.165, 1.54) is 0 Å². The molecule has 0 aromatic carbocycles. The van der Waals surface area contributed by atoms with Gasteiger partial charge in [0.05, 0.1) is 18.0 Å². The van der Waals surface area contributed by atoms with Crippen molar-refractivity contribution < 1.29 is 5.11 Å². The molecule has 0 radical (unpaired) electrons. The number of nitrogens with zero attached hydrogens (tertiary/aromatic N) is 3. The van der Waals surface area contributed by atoms with Crippen LogP contribution in [0.15, 0.2) is 30.5 Å². The first-order valence-electron chi connectivity index (χ1n) is 5.79. The van der Waals surface area contributed by atoms with Crippen LogP contribution in [0.2, 0.25) is 0 Å². The average molecular weight is 231 g/mol. The average Bonchev–Trinajstić information content (AvgIpc) is 2.72. The smallest absolute Gasteiger partial charge is 0.111 e. The van der Waals surface area contributed by atoms with E-state index in [2.05, 4.69) is 23.9 Å². The Hall–Kier alpha value is -1.68. The van der Waals surface area contributed by atoms with E-state index in [4.69, 9.17) is 0 Å². The highest BCUT2D eigenvalue weighted by Gasteiger charge is 2.10. The molecule has 90 valence electrons. The summed E-state index contributed by atoms with van der Waals surface area (Å²) in [6.07, 6.45) is 1.75. The molecule has 0 unspecified atom stereocenters. The van der Waals surface area contributed by atoms with Gasteiger partial charge in [0.1, 0.15) is 5.69 Å². The number of hydrogen-bond acceptors (Lipinski definition) is 3. The molecule has 0 saturated heterocycles. The van der Waals surface area contributed by atoms with E-state index in [-0.39, 0.29) is 6.61 Å². The van der Waals surface area contributed by atoms with E-state index in [0.717, 1.165) is 23.6 Å². The van der Waals surface area contributed by atoms with E-state index < -0.39 is 0 Å². The molecule has 1 N–H and O–H groups in total. The lowest BCUT2D eigenvalue weighted by Crippen LogP contribution is -2.09. The summed E-state index contributed by atoms with van der Waals surface area (Å²) in [5.74, 6) is 0.497. The first-order valence-corrected chi connectivity index (χ1v) is 5.79. The summed E-state index contributed by atoms with van der Waals surface area (Å²) in [7, 11) is 0. The van der Waals surface area contributed by atoms with Gasteiger partial charge in [-0.25, -0.2) is 0 Å². The second-order valence-electron chi connectivity index (χ2n) is 4.47. The Morgan fingerprint density at radius 2 is 2.12 bits per heavy atom. The van der Waals surface area contributed by atoms with Crippen LogP contribution in [0.5, 0.6) is 0 Å². The Labute approximate surface area is 101 Å². The minimum atomic E-state index is 0.00650. The molecule has 0 spiro atoms. The molecular weight excluding hydrogens is 214 g/mol. The summed E-state index contributed by atoms with van der Waals surface area (Å²) in [6.45, 7) is 5.07. The molecule has 0 bridgehead atoms. The third kappa shape index (κ3) is 2.71. The minimum Gasteiger partial charge on any atom is -0.390 e. The summed E-state index contributed by atoms with van der Waals surface area (Å²) in [6, 6.07) is 7.62. The maximum Gasteiger partial charge on any atom is 0.111 e. The highest BCUT2D eigenvalue weighted by molar-refractivity contribution is 5.53. The van der Waals surface area contributed by atoms with Crippen LogP contribution in [0.25, 0.3) is 11.4 Å². The Kier molecular flexibility index (Phi) is 3.54. The standard InChI is InChI=1S/C13H17N3O/c1-10(2)8-16-11(9-17)7-13(15-16)12-5-3-4-6-14-12/h3-7,10,17H,8-9H2,1-2H3. The highest BCUT2D eigenvalue weighted by Crippen LogP contribution is 2.17. The molecule has 0 aliphatic rings. The number of aliphatic hydroxyl groups excluding tert-OH is 1. The summed E-state index contributed by atoms with van der Waals surface area (Å²) < 4.78 is 1.86. The molecule has 4 heteroatoms. The summed E-state index contributed by atoms with van der Waals surface area (Å²) in [5, 5.41) is 13.8. The maximum absolute atomic E-state index is 9.31. The van der Waals surface area contributed by atoms with Crippen molar-refractivity contribution in [3.05, 3.63) is 36.2 Å². The maximum atomic E-state index is 9.31. The number of rotatable bonds is 4. The van der Waals surface area contributed by atoms with Gasteiger partial charge in [0.15, 0.2) is 0 Å². The van der Waals surface area contributed by atoms with Crippen molar-refractivity contribution in [1.29, 1.82) is 0 Å². The molecule has 0 atom stereocenters. The fourth-order valence-corrected chi connectivity index (χ4v) is 1.73. The Balaban J connectivity index is 2.34. The molecule has 2 rings (SSSR count). The number of hydrogen-bond donors (Lipinski definition) is 1. The van der Waals surface area contributed by atoms with E-state index >= 15 is 0 Å². The Bertz CT molecular complexity index is 477. The summed E-state index contributed by atoms with van der Waals surface area (Å²) in [4.78, 5) is 4.26. The van der Waals surface area contributed by atoms with Crippen molar-refractivity contribution in [2.75, 3.05) is 0 Å². The minimum absolute atomic E-state index is 0.00650. The molecule has 2 aromatic heterocycles. The van der Waals surface area contributed by atoms with Crippen molar-refractivity contribution >= 4 is 0 Å². The fourth-order valence-electron chi connectivity index (χ4n) is 1.73. The van der Waals surface area contributed by atoms with Crippen LogP contribution in [-0.2, 0) is 13.2 Å². The number of aromatic nitrogens is 3. The molecule has 4 nitrogen and oxygen atoms in total. The van der Waals surface area contributed by atoms with Gasteiger partial charge in [-0.05, 0) is 24.1 Å². The molecule has 0 aliphatic carbocycles. The molecule has 17 heavy (non-hydrogen) atoms. The molecule has 2 aromatic rings. The second-order valence-corrected chi connectivity index (χ2v) is 4.47.